The van der Waals surface area contributed by atoms with E-state index in [-0.39, 0.29) is 0 Å². The van der Waals surface area contributed by atoms with Crippen molar-refractivity contribution < 1.29 is 0 Å². The molecular weight excluding hydrogens is 444 g/mol. The molecule has 0 aliphatic heterocycles. The van der Waals surface area contributed by atoms with E-state index in [4.69, 9.17) is 0 Å². The zero-order valence-electron chi connectivity index (χ0n) is 26.0. The summed E-state index contributed by atoms with van der Waals surface area (Å²) in [5.41, 5.74) is 3.08. The van der Waals surface area contributed by atoms with Crippen LogP contribution >= 0.6 is 0 Å². The molecule has 0 heteroatoms. The maximum atomic E-state index is 2.87. The third-order valence-corrected chi connectivity index (χ3v) is 16.9. The van der Waals surface area contributed by atoms with Crippen LogP contribution in [-0.4, -0.2) is 0 Å². The lowest BCUT2D eigenvalue weighted by Gasteiger charge is -2.73. The molecule has 0 spiro atoms. The monoisotopic (exact) mass is 506 g/mol. The second-order valence-electron chi connectivity index (χ2n) is 18.5. The van der Waals surface area contributed by atoms with E-state index in [0.717, 1.165) is 53.3 Å². The summed E-state index contributed by atoms with van der Waals surface area (Å²) in [6.07, 6.45) is 24.8. The van der Waals surface area contributed by atoms with Crippen LogP contribution in [0.2, 0.25) is 0 Å². The first-order valence-corrected chi connectivity index (χ1v) is 17.4. The second-order valence-corrected chi connectivity index (χ2v) is 18.5. The van der Waals surface area contributed by atoms with Crippen LogP contribution in [0.4, 0.5) is 0 Å². The molecule has 0 aromatic carbocycles. The fourth-order valence-electron chi connectivity index (χ4n) is 15.4. The maximum absolute atomic E-state index is 2.87. The molecule has 210 valence electrons. The zero-order valence-corrected chi connectivity index (χ0v) is 26.0. The quantitative estimate of drug-likeness (QED) is 0.306. The predicted octanol–water partition coefficient (Wildman–Crippen LogP) is 10.9. The SMILES string of the molecule is C[C@H]1CCC2C(CCC3[C@]4(C)CCC5[C@](C)(CCC6C7CCCC(C)(C)C7CC[C@]65C)C4CC[C@]23C)C1. The molecule has 0 aromatic heterocycles. The lowest BCUT2D eigenvalue weighted by Crippen LogP contribution is -2.66. The van der Waals surface area contributed by atoms with E-state index in [1.165, 1.54) is 19.3 Å². The summed E-state index contributed by atoms with van der Waals surface area (Å²) in [6.45, 7) is 19.2. The van der Waals surface area contributed by atoms with Crippen molar-refractivity contribution in [3.05, 3.63) is 0 Å². The maximum Gasteiger partial charge on any atom is -0.0259 e. The van der Waals surface area contributed by atoms with Gasteiger partial charge in [-0.1, -0.05) is 61.3 Å². The van der Waals surface area contributed by atoms with E-state index in [1.807, 2.05) is 0 Å². The third kappa shape index (κ3) is 3.38. The van der Waals surface area contributed by atoms with E-state index < -0.39 is 0 Å². The van der Waals surface area contributed by atoms with Crippen molar-refractivity contribution in [3.63, 3.8) is 0 Å². The fourth-order valence-corrected chi connectivity index (χ4v) is 15.4. The minimum atomic E-state index is 0.597. The number of rotatable bonds is 0. The minimum absolute atomic E-state index is 0.597. The molecule has 0 radical (unpaired) electrons. The molecule has 7 rings (SSSR count). The number of hydrogen-bond donors (Lipinski definition) is 0. The standard InChI is InChI=1S/C37H62/c1-24-10-12-27-25(23-24)11-13-30-34(27,4)21-16-32-36(6)20-15-29-26-9-8-18-33(2,3)28(26)14-19-35(29,5)31(36)17-22-37(30,32)7/h24-32H,8-23H2,1-7H3/t24-,25?,26?,27?,28?,29?,30?,31?,32?,34+,35+,36-,37-/m0/s1. The Morgan fingerprint density at radius 3 is 1.78 bits per heavy atom. The Bertz CT molecular complexity index is 900. The van der Waals surface area contributed by atoms with E-state index in [0.29, 0.717) is 27.1 Å². The molecule has 7 aliphatic carbocycles. The molecule has 7 saturated carbocycles. The van der Waals surface area contributed by atoms with E-state index in [1.54, 1.807) is 83.5 Å². The minimum Gasteiger partial charge on any atom is -0.0625 e. The molecule has 0 bridgehead atoms. The first kappa shape index (κ1) is 25.9. The molecule has 7 aliphatic rings. The van der Waals surface area contributed by atoms with Crippen LogP contribution in [0.15, 0.2) is 0 Å². The van der Waals surface area contributed by atoms with Gasteiger partial charge in [-0.15, -0.1) is 0 Å². The Morgan fingerprint density at radius 1 is 0.459 bits per heavy atom. The highest BCUT2D eigenvalue weighted by Crippen LogP contribution is 2.77. The Balaban J connectivity index is 1.18. The van der Waals surface area contributed by atoms with Crippen LogP contribution in [-0.2, 0) is 0 Å². The molecule has 0 N–H and O–H groups in total. The Kier molecular flexibility index (Phi) is 5.80. The Morgan fingerprint density at radius 2 is 1.03 bits per heavy atom. The van der Waals surface area contributed by atoms with E-state index in [9.17, 15) is 0 Å². The van der Waals surface area contributed by atoms with Gasteiger partial charge in [0.2, 0.25) is 0 Å². The van der Waals surface area contributed by atoms with Crippen molar-refractivity contribution in [2.45, 2.75) is 151 Å². The first-order chi connectivity index (χ1) is 17.4. The highest BCUT2D eigenvalue weighted by atomic mass is 14.7. The van der Waals surface area contributed by atoms with Gasteiger partial charge in [0.15, 0.2) is 0 Å². The largest absolute Gasteiger partial charge is 0.0625 e. The third-order valence-electron chi connectivity index (χ3n) is 16.9. The van der Waals surface area contributed by atoms with Gasteiger partial charge in [-0.2, -0.15) is 0 Å². The summed E-state index contributed by atoms with van der Waals surface area (Å²) in [5, 5.41) is 0. The first-order valence-electron chi connectivity index (χ1n) is 17.4. The summed E-state index contributed by atoms with van der Waals surface area (Å²) in [6, 6.07) is 0. The van der Waals surface area contributed by atoms with Gasteiger partial charge >= 0.3 is 0 Å². The lowest BCUT2D eigenvalue weighted by atomic mass is 9.31. The molecule has 13 atom stereocenters. The van der Waals surface area contributed by atoms with Crippen LogP contribution in [0.25, 0.3) is 0 Å². The van der Waals surface area contributed by atoms with Gasteiger partial charge in [0.05, 0.1) is 0 Å². The molecule has 0 amide bonds. The molecule has 0 aromatic rings. The summed E-state index contributed by atoms with van der Waals surface area (Å²) in [4.78, 5) is 0. The predicted molar refractivity (Wildman–Crippen MR) is 157 cm³/mol. The molecular formula is C37H62. The van der Waals surface area contributed by atoms with Gasteiger partial charge in [-0.05, 0) is 170 Å². The second kappa shape index (κ2) is 8.28. The Labute approximate surface area is 231 Å². The highest BCUT2D eigenvalue weighted by Gasteiger charge is 2.69. The highest BCUT2D eigenvalue weighted by molar-refractivity contribution is 5.18. The van der Waals surface area contributed by atoms with Crippen molar-refractivity contribution in [1.29, 1.82) is 0 Å². The van der Waals surface area contributed by atoms with Crippen molar-refractivity contribution in [1.82, 2.24) is 0 Å². The number of hydrogen-bond acceptors (Lipinski definition) is 0. The zero-order chi connectivity index (χ0) is 26.0. The van der Waals surface area contributed by atoms with Crippen molar-refractivity contribution in [2.75, 3.05) is 0 Å². The van der Waals surface area contributed by atoms with Gasteiger partial charge in [0, 0.05) is 0 Å². The van der Waals surface area contributed by atoms with Crippen LogP contribution in [0.1, 0.15) is 151 Å². The Hall–Kier alpha value is 0. The summed E-state index contributed by atoms with van der Waals surface area (Å²) in [7, 11) is 0. The van der Waals surface area contributed by atoms with E-state index >= 15 is 0 Å². The lowest BCUT2D eigenvalue weighted by molar-refractivity contribution is -0.244. The average Bonchev–Trinajstić information content (AvgIpc) is 2.82. The number of fused-ring (bicyclic) bond motifs is 11. The van der Waals surface area contributed by atoms with Crippen molar-refractivity contribution >= 4 is 0 Å². The van der Waals surface area contributed by atoms with Crippen molar-refractivity contribution in [2.24, 2.45) is 80.3 Å². The molecule has 37 heavy (non-hydrogen) atoms. The van der Waals surface area contributed by atoms with Crippen LogP contribution < -0.4 is 0 Å². The molecule has 0 saturated heterocycles. The molecule has 8 unspecified atom stereocenters. The van der Waals surface area contributed by atoms with Gasteiger partial charge in [0.25, 0.3) is 0 Å². The molecule has 0 heterocycles. The summed E-state index contributed by atoms with van der Waals surface area (Å²) < 4.78 is 0. The fraction of sp³-hybridized carbons (Fsp3) is 1.00. The molecule has 7 fully saturated rings. The van der Waals surface area contributed by atoms with Gasteiger partial charge < -0.3 is 0 Å². The van der Waals surface area contributed by atoms with Crippen LogP contribution in [0.3, 0.4) is 0 Å². The average molecular weight is 507 g/mol. The van der Waals surface area contributed by atoms with Crippen LogP contribution in [0, 0.1) is 80.3 Å². The smallest absolute Gasteiger partial charge is 0.0259 e. The van der Waals surface area contributed by atoms with E-state index in [2.05, 4.69) is 48.5 Å². The van der Waals surface area contributed by atoms with Crippen LogP contribution in [0.5, 0.6) is 0 Å². The topological polar surface area (TPSA) is 0 Å². The van der Waals surface area contributed by atoms with Gasteiger partial charge in [-0.3, -0.25) is 0 Å². The summed E-state index contributed by atoms with van der Waals surface area (Å²) >= 11 is 0. The van der Waals surface area contributed by atoms with Gasteiger partial charge in [0.1, 0.15) is 0 Å². The summed E-state index contributed by atoms with van der Waals surface area (Å²) in [5.74, 6) is 9.18. The molecule has 0 nitrogen and oxygen atoms in total. The van der Waals surface area contributed by atoms with Gasteiger partial charge in [-0.25, -0.2) is 0 Å². The normalized spacial score (nSPS) is 60.6. The van der Waals surface area contributed by atoms with Crippen molar-refractivity contribution in [3.8, 4) is 0 Å².